The average molecular weight is 435 g/mol. The van der Waals surface area contributed by atoms with E-state index in [1.165, 1.54) is 12.3 Å². The molecular weight excluding hydrogens is 410 g/mol. The highest BCUT2D eigenvalue weighted by Crippen LogP contribution is 2.33. The number of hydrogen-bond acceptors (Lipinski definition) is 8. The van der Waals surface area contributed by atoms with Gasteiger partial charge in [-0.15, -0.1) is 0 Å². The highest BCUT2D eigenvalue weighted by molar-refractivity contribution is 5.41. The molecule has 0 radical (unpaired) electrons. The quantitative estimate of drug-likeness (QED) is 0.409. The van der Waals surface area contributed by atoms with Crippen molar-refractivity contribution in [1.29, 1.82) is 0 Å². The van der Waals surface area contributed by atoms with Crippen LogP contribution in [0.25, 0.3) is 0 Å². The maximum absolute atomic E-state index is 12.3. The molecule has 4 atom stereocenters. The highest BCUT2D eigenvalue weighted by atomic mass is 16.6. The largest absolute Gasteiger partial charge is 0.394 e. The van der Waals surface area contributed by atoms with Crippen LogP contribution in [0.3, 0.4) is 0 Å². The van der Waals surface area contributed by atoms with Gasteiger partial charge in [-0.25, -0.2) is 4.79 Å². The number of benzene rings is 1. The minimum Gasteiger partial charge on any atom is -0.394 e. The fraction of sp³-hybridized carbons (Fsp3) is 0.500. The van der Waals surface area contributed by atoms with E-state index in [4.69, 9.17) is 9.47 Å². The Hall–Kier alpha value is -2.86. The number of hydrogen-bond donors (Lipinski definition) is 3. The third-order valence-electron chi connectivity index (χ3n) is 5.20. The van der Waals surface area contributed by atoms with Crippen molar-refractivity contribution in [3.63, 3.8) is 0 Å². The number of H-pyrrole nitrogens is 1. The summed E-state index contributed by atoms with van der Waals surface area (Å²) in [6.45, 7) is 3.07. The van der Waals surface area contributed by atoms with Crippen LogP contribution in [0.4, 0.5) is 5.69 Å². The molecule has 0 unspecified atom stereocenters. The molecule has 0 aliphatic carbocycles. The van der Waals surface area contributed by atoms with Gasteiger partial charge in [0, 0.05) is 18.7 Å². The SMILES string of the molecule is CC(C)[C@H](OCc1cn([C@H]2C[C@@H](O)[C@@H](CO)O2)c(=O)[nH]c1=O)c1ccccc1[N+](=O)[O-]. The molecule has 2 heterocycles. The van der Waals surface area contributed by atoms with Gasteiger partial charge in [-0.2, -0.15) is 0 Å². The zero-order valence-electron chi connectivity index (χ0n) is 17.1. The van der Waals surface area contributed by atoms with Gasteiger partial charge in [0.05, 0.1) is 41.5 Å². The van der Waals surface area contributed by atoms with E-state index in [0.717, 1.165) is 4.57 Å². The number of nitrogens with one attached hydrogen (secondary N) is 1. The molecule has 1 saturated heterocycles. The summed E-state index contributed by atoms with van der Waals surface area (Å²) in [5.41, 5.74) is -0.939. The smallest absolute Gasteiger partial charge is 0.330 e. The second-order valence-corrected chi connectivity index (χ2v) is 7.73. The lowest BCUT2D eigenvalue weighted by molar-refractivity contribution is -0.386. The Morgan fingerprint density at radius 3 is 2.68 bits per heavy atom. The molecule has 168 valence electrons. The maximum atomic E-state index is 12.3. The lowest BCUT2D eigenvalue weighted by Crippen LogP contribution is -2.34. The Morgan fingerprint density at radius 1 is 1.35 bits per heavy atom. The van der Waals surface area contributed by atoms with Gasteiger partial charge in [-0.3, -0.25) is 24.5 Å². The molecule has 3 rings (SSSR count). The first-order valence-corrected chi connectivity index (χ1v) is 9.86. The summed E-state index contributed by atoms with van der Waals surface area (Å²) >= 11 is 0. The van der Waals surface area contributed by atoms with Crippen LogP contribution in [0.2, 0.25) is 0 Å². The number of nitrogens with zero attached hydrogens (tertiary/aromatic N) is 2. The van der Waals surface area contributed by atoms with Gasteiger partial charge in [0.15, 0.2) is 0 Å². The highest BCUT2D eigenvalue weighted by Gasteiger charge is 2.35. The Kier molecular flexibility index (Phi) is 7.01. The molecule has 3 N–H and O–H groups in total. The van der Waals surface area contributed by atoms with Crippen LogP contribution < -0.4 is 11.2 Å². The van der Waals surface area contributed by atoms with E-state index in [1.54, 1.807) is 18.2 Å². The Morgan fingerprint density at radius 2 is 2.06 bits per heavy atom. The molecule has 11 heteroatoms. The summed E-state index contributed by atoms with van der Waals surface area (Å²) in [5, 5.41) is 30.5. The van der Waals surface area contributed by atoms with Gasteiger partial charge in [-0.05, 0) is 12.0 Å². The van der Waals surface area contributed by atoms with Gasteiger partial charge in [-0.1, -0.05) is 26.0 Å². The molecular formula is C20H25N3O8. The summed E-state index contributed by atoms with van der Waals surface area (Å²) < 4.78 is 12.5. The number of ether oxygens (including phenoxy) is 2. The molecule has 0 bridgehead atoms. The van der Waals surface area contributed by atoms with E-state index in [9.17, 15) is 29.9 Å². The summed E-state index contributed by atoms with van der Waals surface area (Å²) in [5.74, 6) is -0.135. The van der Waals surface area contributed by atoms with E-state index in [1.807, 2.05) is 13.8 Å². The standard InChI is InChI=1S/C20H25N3O8/c1-11(2)18(13-5-3-4-6-14(13)23(28)29)30-10-12-8-22(20(27)21-19(12)26)17-7-15(25)16(9-24)31-17/h3-6,8,11,15-18,24-25H,7,9-10H2,1-2H3,(H,21,26,27)/t15-,16-,17-,18+/m1/s1. The normalized spacial score (nSPS) is 22.0. The van der Waals surface area contributed by atoms with Crippen LogP contribution in [-0.4, -0.2) is 43.5 Å². The van der Waals surface area contributed by atoms with Crippen molar-refractivity contribution in [1.82, 2.24) is 9.55 Å². The van der Waals surface area contributed by atoms with E-state index >= 15 is 0 Å². The van der Waals surface area contributed by atoms with Crippen molar-refractivity contribution in [3.05, 3.63) is 72.5 Å². The fourth-order valence-electron chi connectivity index (χ4n) is 3.61. The molecule has 0 amide bonds. The third kappa shape index (κ3) is 4.90. The molecule has 11 nitrogen and oxygen atoms in total. The number of nitro benzene ring substituents is 1. The zero-order chi connectivity index (χ0) is 22.7. The van der Waals surface area contributed by atoms with Crippen molar-refractivity contribution in [2.45, 2.75) is 51.4 Å². The third-order valence-corrected chi connectivity index (χ3v) is 5.20. The molecule has 1 aromatic carbocycles. The lowest BCUT2D eigenvalue weighted by atomic mass is 9.97. The number of aliphatic hydroxyl groups is 2. The predicted molar refractivity (Wildman–Crippen MR) is 108 cm³/mol. The van der Waals surface area contributed by atoms with E-state index < -0.39 is 47.3 Å². The maximum Gasteiger partial charge on any atom is 0.330 e. The Labute approximate surface area is 177 Å². The summed E-state index contributed by atoms with van der Waals surface area (Å²) in [7, 11) is 0. The van der Waals surface area contributed by atoms with Crippen molar-refractivity contribution in [3.8, 4) is 0 Å². The predicted octanol–water partition coefficient (Wildman–Crippen LogP) is 0.999. The van der Waals surface area contributed by atoms with Crippen LogP contribution in [0.1, 0.15) is 43.7 Å². The van der Waals surface area contributed by atoms with Crippen molar-refractivity contribution < 1.29 is 24.6 Å². The van der Waals surface area contributed by atoms with Gasteiger partial charge < -0.3 is 19.7 Å². The zero-order valence-corrected chi connectivity index (χ0v) is 17.1. The second-order valence-electron chi connectivity index (χ2n) is 7.73. The molecule has 1 aromatic heterocycles. The molecule has 1 aliphatic heterocycles. The first-order chi connectivity index (χ1) is 14.7. The molecule has 0 saturated carbocycles. The van der Waals surface area contributed by atoms with Crippen LogP contribution >= 0.6 is 0 Å². The Bertz CT molecular complexity index is 1050. The number of aromatic amines is 1. The van der Waals surface area contributed by atoms with Crippen LogP contribution in [0.5, 0.6) is 0 Å². The van der Waals surface area contributed by atoms with Crippen LogP contribution in [-0.2, 0) is 16.1 Å². The van der Waals surface area contributed by atoms with E-state index in [0.29, 0.717) is 5.56 Å². The summed E-state index contributed by atoms with van der Waals surface area (Å²) in [4.78, 5) is 37.6. The number of aliphatic hydroxyl groups excluding tert-OH is 2. The van der Waals surface area contributed by atoms with Gasteiger partial charge in [0.25, 0.3) is 11.2 Å². The number of rotatable bonds is 8. The van der Waals surface area contributed by atoms with Crippen LogP contribution in [0, 0.1) is 16.0 Å². The number of para-hydroxylation sites is 1. The average Bonchev–Trinajstić information content (AvgIpc) is 3.10. The van der Waals surface area contributed by atoms with E-state index in [-0.39, 0.29) is 30.2 Å². The molecule has 0 spiro atoms. The minimum absolute atomic E-state index is 0.0717. The first-order valence-electron chi connectivity index (χ1n) is 9.86. The molecule has 31 heavy (non-hydrogen) atoms. The van der Waals surface area contributed by atoms with Crippen molar-refractivity contribution in [2.75, 3.05) is 6.61 Å². The minimum atomic E-state index is -0.947. The Balaban J connectivity index is 1.86. The molecule has 1 aliphatic rings. The van der Waals surface area contributed by atoms with E-state index in [2.05, 4.69) is 4.98 Å². The first kappa shape index (κ1) is 22.8. The lowest BCUT2D eigenvalue weighted by Gasteiger charge is -2.22. The summed E-state index contributed by atoms with van der Waals surface area (Å²) in [6, 6.07) is 6.24. The van der Waals surface area contributed by atoms with Gasteiger partial charge >= 0.3 is 5.69 Å². The molecule has 1 fully saturated rings. The second kappa shape index (κ2) is 9.52. The summed E-state index contributed by atoms with van der Waals surface area (Å²) in [6.07, 6.45) is -1.93. The monoisotopic (exact) mass is 435 g/mol. The van der Waals surface area contributed by atoms with Gasteiger partial charge in [0.1, 0.15) is 12.3 Å². The fourth-order valence-corrected chi connectivity index (χ4v) is 3.61. The van der Waals surface area contributed by atoms with Gasteiger partial charge in [0.2, 0.25) is 0 Å². The van der Waals surface area contributed by atoms with Crippen molar-refractivity contribution >= 4 is 5.69 Å². The number of nitro groups is 1. The topological polar surface area (TPSA) is 157 Å². The number of aromatic nitrogens is 2. The molecule has 2 aromatic rings. The van der Waals surface area contributed by atoms with Crippen LogP contribution in [0.15, 0.2) is 40.1 Å². The van der Waals surface area contributed by atoms with Crippen molar-refractivity contribution in [2.24, 2.45) is 5.92 Å².